The quantitative estimate of drug-likeness (QED) is 0.807. The predicted octanol–water partition coefficient (Wildman–Crippen LogP) is 3.35. The largest absolute Gasteiger partial charge is 0.312 e. The second-order valence-electron chi connectivity index (χ2n) is 5.79. The SMILES string of the molecule is CCN(C(=O)[C@@H](C)S(=O)(=O)Cc1ccccc1C)c1ccccc1. The number of nitrogens with zero attached hydrogens (tertiary/aromatic N) is 1. The predicted molar refractivity (Wildman–Crippen MR) is 97.7 cm³/mol. The Labute approximate surface area is 144 Å². The fraction of sp³-hybridized carbons (Fsp3) is 0.316. The number of hydrogen-bond acceptors (Lipinski definition) is 3. The number of carbonyl (C=O) groups excluding carboxylic acids is 1. The number of para-hydroxylation sites is 1. The highest BCUT2D eigenvalue weighted by Crippen LogP contribution is 2.20. The minimum absolute atomic E-state index is 0.126. The van der Waals surface area contributed by atoms with Crippen molar-refractivity contribution in [3.8, 4) is 0 Å². The third kappa shape index (κ3) is 4.03. The molecule has 0 radical (unpaired) electrons. The van der Waals surface area contributed by atoms with Crippen LogP contribution in [0.5, 0.6) is 0 Å². The first-order valence-electron chi connectivity index (χ1n) is 7.99. The summed E-state index contributed by atoms with van der Waals surface area (Å²) < 4.78 is 25.4. The average molecular weight is 345 g/mol. The van der Waals surface area contributed by atoms with Gasteiger partial charge in [-0.05, 0) is 44.0 Å². The normalized spacial score (nSPS) is 12.6. The van der Waals surface area contributed by atoms with E-state index in [1.54, 1.807) is 6.07 Å². The molecule has 1 amide bonds. The Balaban J connectivity index is 2.24. The average Bonchev–Trinajstić information content (AvgIpc) is 2.57. The van der Waals surface area contributed by atoms with Crippen molar-refractivity contribution in [3.63, 3.8) is 0 Å². The van der Waals surface area contributed by atoms with Gasteiger partial charge in [-0.25, -0.2) is 8.42 Å². The van der Waals surface area contributed by atoms with Crippen LogP contribution in [0.3, 0.4) is 0 Å². The molecule has 0 fully saturated rings. The van der Waals surface area contributed by atoms with Crippen molar-refractivity contribution in [2.24, 2.45) is 0 Å². The third-order valence-corrected chi connectivity index (χ3v) is 6.15. The summed E-state index contributed by atoms with van der Waals surface area (Å²) in [7, 11) is -3.59. The lowest BCUT2D eigenvalue weighted by Crippen LogP contribution is -2.42. The van der Waals surface area contributed by atoms with E-state index in [1.165, 1.54) is 11.8 Å². The Morgan fingerprint density at radius 2 is 1.62 bits per heavy atom. The number of carbonyl (C=O) groups is 1. The molecule has 2 rings (SSSR count). The zero-order chi connectivity index (χ0) is 17.7. The molecule has 0 aliphatic rings. The van der Waals surface area contributed by atoms with Crippen molar-refractivity contribution in [2.75, 3.05) is 11.4 Å². The summed E-state index contributed by atoms with van der Waals surface area (Å²) in [4.78, 5) is 14.3. The topological polar surface area (TPSA) is 54.5 Å². The van der Waals surface area contributed by atoms with E-state index in [1.807, 2.05) is 62.4 Å². The zero-order valence-corrected chi connectivity index (χ0v) is 15.1. The van der Waals surface area contributed by atoms with Crippen LogP contribution in [-0.2, 0) is 20.4 Å². The van der Waals surface area contributed by atoms with Gasteiger partial charge < -0.3 is 4.90 Å². The van der Waals surface area contributed by atoms with Gasteiger partial charge in [0.25, 0.3) is 0 Å². The summed E-state index contributed by atoms with van der Waals surface area (Å²) in [6, 6.07) is 16.5. The molecule has 2 aromatic rings. The molecule has 2 aromatic carbocycles. The number of benzene rings is 2. The summed E-state index contributed by atoms with van der Waals surface area (Å²) in [6.45, 7) is 5.61. The van der Waals surface area contributed by atoms with Crippen LogP contribution in [0.2, 0.25) is 0 Å². The van der Waals surface area contributed by atoms with Crippen LogP contribution in [-0.4, -0.2) is 26.1 Å². The Hall–Kier alpha value is -2.14. The van der Waals surface area contributed by atoms with Gasteiger partial charge in [0.1, 0.15) is 5.25 Å². The van der Waals surface area contributed by atoms with Crippen LogP contribution in [0.25, 0.3) is 0 Å². The highest BCUT2D eigenvalue weighted by molar-refractivity contribution is 7.92. The van der Waals surface area contributed by atoms with E-state index in [0.717, 1.165) is 11.1 Å². The minimum atomic E-state index is -3.59. The summed E-state index contributed by atoms with van der Waals surface area (Å²) in [6.07, 6.45) is 0. The first-order valence-corrected chi connectivity index (χ1v) is 9.71. The Bertz CT molecular complexity index is 800. The van der Waals surface area contributed by atoms with E-state index in [2.05, 4.69) is 0 Å². The molecule has 0 aromatic heterocycles. The number of amides is 1. The molecule has 128 valence electrons. The zero-order valence-electron chi connectivity index (χ0n) is 14.3. The highest BCUT2D eigenvalue weighted by Gasteiger charge is 2.32. The van der Waals surface area contributed by atoms with Crippen LogP contribution in [0, 0.1) is 6.92 Å². The molecule has 0 aliphatic carbocycles. The molecule has 1 atom stereocenters. The second-order valence-corrected chi connectivity index (χ2v) is 8.12. The standard InChI is InChI=1S/C19H23NO3S/c1-4-20(18-12-6-5-7-13-18)19(21)16(3)24(22,23)14-17-11-9-8-10-15(17)2/h5-13,16H,4,14H2,1-3H3/t16-/m1/s1. The molecule has 0 N–H and O–H groups in total. The molecule has 0 saturated carbocycles. The fourth-order valence-corrected chi connectivity index (χ4v) is 4.00. The van der Waals surface area contributed by atoms with E-state index in [4.69, 9.17) is 0 Å². The molecule has 0 aliphatic heterocycles. The first kappa shape index (κ1) is 18.2. The Morgan fingerprint density at radius 1 is 1.04 bits per heavy atom. The highest BCUT2D eigenvalue weighted by atomic mass is 32.2. The summed E-state index contributed by atoms with van der Waals surface area (Å²) in [5, 5.41) is -1.09. The maximum atomic E-state index is 12.7. The van der Waals surface area contributed by atoms with E-state index < -0.39 is 21.0 Å². The van der Waals surface area contributed by atoms with Gasteiger partial charge in [0.15, 0.2) is 9.84 Å². The molecular formula is C19H23NO3S. The first-order chi connectivity index (χ1) is 11.4. The van der Waals surface area contributed by atoms with E-state index in [9.17, 15) is 13.2 Å². The van der Waals surface area contributed by atoms with Gasteiger partial charge in [0.05, 0.1) is 5.75 Å². The van der Waals surface area contributed by atoms with Crippen LogP contribution < -0.4 is 4.90 Å². The molecule has 0 unspecified atom stereocenters. The van der Waals surface area contributed by atoms with Crippen molar-refractivity contribution in [3.05, 3.63) is 65.7 Å². The molecule has 0 spiro atoms. The minimum Gasteiger partial charge on any atom is -0.312 e. The summed E-state index contributed by atoms with van der Waals surface area (Å²) in [5.74, 6) is -0.517. The molecule has 4 nitrogen and oxygen atoms in total. The van der Waals surface area contributed by atoms with Gasteiger partial charge in [-0.2, -0.15) is 0 Å². The third-order valence-electron chi connectivity index (χ3n) is 4.15. The molecule has 5 heteroatoms. The number of sulfone groups is 1. The summed E-state index contributed by atoms with van der Waals surface area (Å²) >= 11 is 0. The molecular weight excluding hydrogens is 322 g/mol. The van der Waals surface area contributed by atoms with Crippen LogP contribution in [0.4, 0.5) is 5.69 Å². The van der Waals surface area contributed by atoms with Crippen LogP contribution >= 0.6 is 0 Å². The Morgan fingerprint density at radius 3 is 2.21 bits per heavy atom. The van der Waals surface area contributed by atoms with Crippen molar-refractivity contribution in [2.45, 2.75) is 31.8 Å². The lowest BCUT2D eigenvalue weighted by molar-refractivity contribution is -0.117. The van der Waals surface area contributed by atoms with Crippen molar-refractivity contribution >= 4 is 21.4 Å². The second kappa shape index (κ2) is 7.62. The maximum absolute atomic E-state index is 12.7. The maximum Gasteiger partial charge on any atom is 0.245 e. The lowest BCUT2D eigenvalue weighted by Gasteiger charge is -2.24. The van der Waals surface area contributed by atoms with E-state index in [-0.39, 0.29) is 5.75 Å². The number of anilines is 1. The smallest absolute Gasteiger partial charge is 0.245 e. The fourth-order valence-electron chi connectivity index (χ4n) is 2.56. The monoisotopic (exact) mass is 345 g/mol. The molecule has 0 heterocycles. The summed E-state index contributed by atoms with van der Waals surface area (Å²) in [5.41, 5.74) is 2.36. The van der Waals surface area contributed by atoms with Gasteiger partial charge in [0, 0.05) is 12.2 Å². The number of aryl methyl sites for hydroxylation is 1. The molecule has 24 heavy (non-hydrogen) atoms. The van der Waals surface area contributed by atoms with Crippen molar-refractivity contribution in [1.29, 1.82) is 0 Å². The van der Waals surface area contributed by atoms with Crippen molar-refractivity contribution < 1.29 is 13.2 Å². The molecule has 0 saturated heterocycles. The van der Waals surface area contributed by atoms with E-state index >= 15 is 0 Å². The van der Waals surface area contributed by atoms with Gasteiger partial charge in [-0.3, -0.25) is 4.79 Å². The Kier molecular flexibility index (Phi) is 5.78. The van der Waals surface area contributed by atoms with E-state index in [0.29, 0.717) is 12.2 Å². The van der Waals surface area contributed by atoms with Crippen molar-refractivity contribution in [1.82, 2.24) is 0 Å². The van der Waals surface area contributed by atoms with Gasteiger partial charge in [-0.1, -0.05) is 42.5 Å². The van der Waals surface area contributed by atoms with Crippen LogP contribution in [0.15, 0.2) is 54.6 Å². The molecule has 0 bridgehead atoms. The number of hydrogen-bond donors (Lipinski definition) is 0. The van der Waals surface area contributed by atoms with Gasteiger partial charge >= 0.3 is 0 Å². The van der Waals surface area contributed by atoms with Gasteiger partial charge in [-0.15, -0.1) is 0 Å². The van der Waals surface area contributed by atoms with Crippen LogP contribution in [0.1, 0.15) is 25.0 Å². The lowest BCUT2D eigenvalue weighted by atomic mass is 10.1. The van der Waals surface area contributed by atoms with Gasteiger partial charge in [0.2, 0.25) is 5.91 Å². The number of rotatable bonds is 6.